The van der Waals surface area contributed by atoms with E-state index >= 15 is 0 Å². The highest BCUT2D eigenvalue weighted by Crippen LogP contribution is 2.37. The predicted octanol–water partition coefficient (Wildman–Crippen LogP) is -0.553. The quantitative estimate of drug-likeness (QED) is 0.588. The van der Waals surface area contributed by atoms with Crippen molar-refractivity contribution in [1.82, 2.24) is 5.32 Å². The maximum Gasteiger partial charge on any atom is 0.190 e. The lowest BCUT2D eigenvalue weighted by molar-refractivity contribution is -0.215. The van der Waals surface area contributed by atoms with Crippen LogP contribution in [0.3, 0.4) is 0 Å². The van der Waals surface area contributed by atoms with Crippen LogP contribution in [-0.4, -0.2) is 47.2 Å². The molecule has 0 bridgehead atoms. The molecule has 2 rings (SSSR count). The predicted molar refractivity (Wildman–Crippen MR) is 64.1 cm³/mol. The van der Waals surface area contributed by atoms with E-state index in [-0.39, 0.29) is 11.2 Å². The van der Waals surface area contributed by atoms with Crippen molar-refractivity contribution in [2.75, 3.05) is 6.54 Å². The monoisotopic (exact) mass is 262 g/mol. The van der Waals surface area contributed by atoms with Gasteiger partial charge in [0.25, 0.3) is 0 Å². The van der Waals surface area contributed by atoms with Gasteiger partial charge in [0.2, 0.25) is 0 Å². The maximum absolute atomic E-state index is 10.0. The number of nitrogens with two attached hydrogens (primary N) is 1. The zero-order valence-electron chi connectivity index (χ0n) is 9.88. The molecule has 0 aromatic carbocycles. The number of fused-ring (bicyclic) bond motifs is 1. The lowest BCUT2D eigenvalue weighted by Gasteiger charge is -2.23. The molecule has 2 saturated heterocycles. The van der Waals surface area contributed by atoms with Crippen molar-refractivity contribution in [3.63, 3.8) is 0 Å². The van der Waals surface area contributed by atoms with Crippen LogP contribution in [0.2, 0.25) is 0 Å². The molecule has 4 unspecified atom stereocenters. The molecule has 0 spiro atoms. The number of rotatable bonds is 3. The van der Waals surface area contributed by atoms with Crippen molar-refractivity contribution in [3.05, 3.63) is 0 Å². The molecule has 2 heterocycles. The minimum Gasteiger partial charge on any atom is -0.387 e. The van der Waals surface area contributed by atoms with Crippen molar-refractivity contribution in [2.24, 2.45) is 5.73 Å². The smallest absolute Gasteiger partial charge is 0.190 e. The third kappa shape index (κ3) is 2.86. The number of hydrogen-bond acceptors (Lipinski definition) is 5. The van der Waals surface area contributed by atoms with Gasteiger partial charge in [0.1, 0.15) is 12.2 Å². The summed E-state index contributed by atoms with van der Waals surface area (Å²) in [6.45, 7) is 4.15. The Morgan fingerprint density at radius 3 is 2.76 bits per heavy atom. The number of nitrogens with one attached hydrogen (secondary N) is 1. The maximum atomic E-state index is 10.0. The van der Waals surface area contributed by atoms with Crippen molar-refractivity contribution in [2.45, 2.75) is 50.7 Å². The van der Waals surface area contributed by atoms with Gasteiger partial charge in [-0.15, -0.1) is 0 Å². The van der Waals surface area contributed by atoms with E-state index in [1.165, 1.54) is 0 Å². The molecule has 0 radical (unpaired) electrons. The molecule has 0 aromatic heterocycles. The molecule has 0 aromatic rings. The van der Waals surface area contributed by atoms with Gasteiger partial charge in [0.05, 0.1) is 6.10 Å². The largest absolute Gasteiger partial charge is 0.387 e. The molecule has 2 aliphatic heterocycles. The topological polar surface area (TPSA) is 86.0 Å². The molecular formula is C10H18N2O4S. The van der Waals surface area contributed by atoms with E-state index in [0.29, 0.717) is 13.0 Å². The second-order valence-electron chi connectivity index (χ2n) is 4.71. The Labute approximate surface area is 105 Å². The zero-order chi connectivity index (χ0) is 12.6. The fourth-order valence-corrected chi connectivity index (χ4v) is 2.24. The van der Waals surface area contributed by atoms with Gasteiger partial charge in [-0.1, -0.05) is 0 Å². The van der Waals surface area contributed by atoms with Crippen LogP contribution in [0.1, 0.15) is 20.3 Å². The van der Waals surface area contributed by atoms with E-state index in [1.54, 1.807) is 13.8 Å². The minimum atomic E-state index is -0.696. The molecule has 98 valence electrons. The Kier molecular flexibility index (Phi) is 3.55. The van der Waals surface area contributed by atoms with Crippen LogP contribution in [0.15, 0.2) is 0 Å². The molecule has 4 atom stereocenters. The van der Waals surface area contributed by atoms with Crippen LogP contribution in [0.25, 0.3) is 0 Å². The summed E-state index contributed by atoms with van der Waals surface area (Å²) in [7, 11) is 0. The average molecular weight is 262 g/mol. The highest BCUT2D eigenvalue weighted by atomic mass is 32.1. The third-order valence-corrected chi connectivity index (χ3v) is 2.99. The number of aliphatic hydroxyl groups is 1. The Morgan fingerprint density at radius 2 is 2.18 bits per heavy atom. The first-order valence-electron chi connectivity index (χ1n) is 5.61. The van der Waals surface area contributed by atoms with Crippen LogP contribution in [-0.2, 0) is 14.2 Å². The van der Waals surface area contributed by atoms with Gasteiger partial charge in [-0.3, -0.25) is 0 Å². The first-order chi connectivity index (χ1) is 7.89. The van der Waals surface area contributed by atoms with Crippen LogP contribution < -0.4 is 11.1 Å². The standard InChI is InChI=1S/C10H18N2O4S/c1-10(2)15-7-6(13)5(14-8(7)16-10)3-4-12-9(11)17/h5-8,13H,3-4H2,1-2H3,(H3,11,12,17). The van der Waals surface area contributed by atoms with Gasteiger partial charge in [-0.2, -0.15) is 0 Å². The van der Waals surface area contributed by atoms with Crippen LogP contribution in [0.5, 0.6) is 0 Å². The summed E-state index contributed by atoms with van der Waals surface area (Å²) in [5.74, 6) is -0.696. The first kappa shape index (κ1) is 13.0. The summed E-state index contributed by atoms with van der Waals surface area (Å²) in [5.41, 5.74) is 5.31. The number of thiocarbonyl (C=S) groups is 1. The Bertz CT molecular complexity index is 313. The summed E-state index contributed by atoms with van der Waals surface area (Å²) in [6.07, 6.45) is -1.31. The summed E-state index contributed by atoms with van der Waals surface area (Å²) in [5, 5.41) is 13.1. The fourth-order valence-electron chi connectivity index (χ4n) is 2.13. The van der Waals surface area contributed by atoms with Crippen LogP contribution in [0, 0.1) is 0 Å². The van der Waals surface area contributed by atoms with E-state index in [1.807, 2.05) is 0 Å². The van der Waals surface area contributed by atoms with Crippen molar-refractivity contribution in [3.8, 4) is 0 Å². The van der Waals surface area contributed by atoms with Crippen molar-refractivity contribution >= 4 is 17.3 Å². The molecule has 4 N–H and O–H groups in total. The third-order valence-electron chi connectivity index (χ3n) is 2.84. The molecule has 7 heteroatoms. The second-order valence-corrected chi connectivity index (χ2v) is 5.15. The highest BCUT2D eigenvalue weighted by Gasteiger charge is 2.53. The summed E-state index contributed by atoms with van der Waals surface area (Å²) >= 11 is 4.69. The normalized spacial score (nSPS) is 39.0. The Hall–Kier alpha value is -0.470. The van der Waals surface area contributed by atoms with E-state index < -0.39 is 24.3 Å². The zero-order valence-corrected chi connectivity index (χ0v) is 10.7. The molecule has 2 fully saturated rings. The lowest BCUT2D eigenvalue weighted by Crippen LogP contribution is -2.37. The van der Waals surface area contributed by atoms with Gasteiger partial charge in [-0.25, -0.2) is 0 Å². The van der Waals surface area contributed by atoms with Crippen LogP contribution in [0.4, 0.5) is 0 Å². The average Bonchev–Trinajstić information content (AvgIpc) is 2.62. The van der Waals surface area contributed by atoms with Crippen molar-refractivity contribution in [1.29, 1.82) is 0 Å². The number of aliphatic hydroxyl groups excluding tert-OH is 1. The summed E-state index contributed by atoms with van der Waals surface area (Å²) in [6, 6.07) is 0. The van der Waals surface area contributed by atoms with Gasteiger partial charge < -0.3 is 30.4 Å². The van der Waals surface area contributed by atoms with Gasteiger partial charge in [0.15, 0.2) is 17.2 Å². The minimum absolute atomic E-state index is 0.242. The molecular weight excluding hydrogens is 244 g/mol. The van der Waals surface area contributed by atoms with Gasteiger partial charge in [-0.05, 0) is 32.5 Å². The Morgan fingerprint density at radius 1 is 1.47 bits per heavy atom. The van der Waals surface area contributed by atoms with Crippen molar-refractivity contribution < 1.29 is 19.3 Å². The van der Waals surface area contributed by atoms with Gasteiger partial charge >= 0.3 is 0 Å². The molecule has 0 aliphatic carbocycles. The Balaban J connectivity index is 1.83. The fraction of sp³-hybridized carbons (Fsp3) is 0.900. The lowest BCUT2D eigenvalue weighted by atomic mass is 10.1. The number of hydrogen-bond donors (Lipinski definition) is 3. The molecule has 2 aliphatic rings. The van der Waals surface area contributed by atoms with Crippen LogP contribution >= 0.6 is 12.2 Å². The van der Waals surface area contributed by atoms with E-state index in [4.69, 9.17) is 19.9 Å². The number of ether oxygens (including phenoxy) is 3. The SMILES string of the molecule is CC1(C)OC2OC(CCNC(N)=S)C(O)C2O1. The molecule has 0 saturated carbocycles. The van der Waals surface area contributed by atoms with E-state index in [2.05, 4.69) is 17.5 Å². The highest BCUT2D eigenvalue weighted by molar-refractivity contribution is 7.80. The summed E-state index contributed by atoms with van der Waals surface area (Å²) < 4.78 is 16.7. The first-order valence-corrected chi connectivity index (χ1v) is 6.02. The molecule has 6 nitrogen and oxygen atoms in total. The summed E-state index contributed by atoms with van der Waals surface area (Å²) in [4.78, 5) is 0. The molecule has 0 amide bonds. The molecule has 17 heavy (non-hydrogen) atoms. The van der Waals surface area contributed by atoms with E-state index in [9.17, 15) is 5.11 Å². The second kappa shape index (κ2) is 4.66. The van der Waals surface area contributed by atoms with E-state index in [0.717, 1.165) is 0 Å². The van der Waals surface area contributed by atoms with Gasteiger partial charge in [0, 0.05) is 6.54 Å².